The van der Waals surface area contributed by atoms with Gasteiger partial charge in [0.25, 0.3) is 0 Å². The Labute approximate surface area is 308 Å². The van der Waals surface area contributed by atoms with Crippen molar-refractivity contribution in [3.05, 3.63) is 170 Å². The van der Waals surface area contributed by atoms with Crippen LogP contribution in [-0.4, -0.2) is 4.57 Å². The number of hydrogen-bond acceptors (Lipinski definition) is 4. The average molecular weight is 697 g/mol. The molecule has 0 unspecified atom stereocenters. The van der Waals surface area contributed by atoms with E-state index >= 15 is 0 Å². The first-order valence-electron chi connectivity index (χ1n) is 17.8. The Morgan fingerprint density at radius 3 is 1.92 bits per heavy atom. The van der Waals surface area contributed by atoms with Crippen LogP contribution in [-0.2, 0) is 0 Å². The highest BCUT2D eigenvalue weighted by atomic mass is 32.2. The predicted molar refractivity (Wildman–Crippen MR) is 220 cm³/mol. The van der Waals surface area contributed by atoms with Gasteiger partial charge in [0.15, 0.2) is 5.58 Å². The molecule has 4 nitrogen and oxygen atoms in total. The normalized spacial score (nSPS) is 12.8. The zero-order valence-electron chi connectivity index (χ0n) is 28.3. The molecule has 1 aliphatic rings. The standard InChI is InChI=1S/C48H28N2O2S/c1-4-14-38-32(10-1)36-26-29(20-23-39(36)50(38)42-16-9-13-35-33-11-2-7-18-44(33)52-48(35)42)30-21-24-41-47(27-30)53-46-19-8-5-15-40(46)49(41)31-22-25-45-37(28-31)34-12-3-6-17-43(34)51-45/h1-28H. The zero-order chi connectivity index (χ0) is 34.6. The molecule has 0 saturated carbocycles. The molecule has 0 radical (unpaired) electrons. The summed E-state index contributed by atoms with van der Waals surface area (Å²) in [4.78, 5) is 4.84. The first kappa shape index (κ1) is 28.9. The Morgan fingerprint density at radius 1 is 0.377 bits per heavy atom. The van der Waals surface area contributed by atoms with E-state index in [-0.39, 0.29) is 0 Å². The number of rotatable bonds is 3. The molecule has 8 aromatic carbocycles. The second-order valence-corrected chi connectivity index (χ2v) is 14.8. The summed E-state index contributed by atoms with van der Waals surface area (Å²) in [7, 11) is 0. The molecule has 12 rings (SSSR count). The van der Waals surface area contributed by atoms with Crippen molar-refractivity contribution in [2.45, 2.75) is 9.79 Å². The van der Waals surface area contributed by atoms with Gasteiger partial charge in [0.1, 0.15) is 16.7 Å². The molecule has 53 heavy (non-hydrogen) atoms. The van der Waals surface area contributed by atoms with Crippen molar-refractivity contribution in [3.63, 3.8) is 0 Å². The monoisotopic (exact) mass is 696 g/mol. The van der Waals surface area contributed by atoms with Crippen LogP contribution in [0.1, 0.15) is 0 Å². The van der Waals surface area contributed by atoms with Gasteiger partial charge >= 0.3 is 0 Å². The molecule has 0 bridgehead atoms. The van der Waals surface area contributed by atoms with Crippen molar-refractivity contribution in [2.24, 2.45) is 0 Å². The molecule has 248 valence electrons. The van der Waals surface area contributed by atoms with E-state index in [0.717, 1.165) is 66.3 Å². The second-order valence-electron chi connectivity index (χ2n) is 13.7. The second kappa shape index (κ2) is 10.9. The van der Waals surface area contributed by atoms with E-state index in [9.17, 15) is 0 Å². The highest BCUT2D eigenvalue weighted by molar-refractivity contribution is 7.99. The van der Waals surface area contributed by atoms with Gasteiger partial charge in [-0.2, -0.15) is 0 Å². The van der Waals surface area contributed by atoms with E-state index in [1.165, 1.54) is 43.1 Å². The number of anilines is 3. The van der Waals surface area contributed by atoms with E-state index in [1.807, 2.05) is 36.0 Å². The van der Waals surface area contributed by atoms with E-state index in [2.05, 4.69) is 155 Å². The third kappa shape index (κ3) is 4.20. The van der Waals surface area contributed by atoms with Crippen LogP contribution in [0.3, 0.4) is 0 Å². The summed E-state index contributed by atoms with van der Waals surface area (Å²) >= 11 is 1.83. The summed E-state index contributed by atoms with van der Waals surface area (Å²) < 4.78 is 15.1. The minimum Gasteiger partial charge on any atom is -0.456 e. The molecule has 11 aromatic rings. The van der Waals surface area contributed by atoms with Crippen molar-refractivity contribution in [1.82, 2.24) is 4.57 Å². The lowest BCUT2D eigenvalue weighted by Crippen LogP contribution is -2.14. The van der Waals surface area contributed by atoms with Crippen LogP contribution in [0.5, 0.6) is 0 Å². The fourth-order valence-corrected chi connectivity index (χ4v) is 9.49. The van der Waals surface area contributed by atoms with Gasteiger partial charge in [0.05, 0.1) is 28.1 Å². The van der Waals surface area contributed by atoms with Crippen molar-refractivity contribution in [1.29, 1.82) is 0 Å². The number of aromatic nitrogens is 1. The van der Waals surface area contributed by atoms with Crippen molar-refractivity contribution >= 4 is 94.5 Å². The molecule has 4 heterocycles. The van der Waals surface area contributed by atoms with Gasteiger partial charge in [-0.05, 0) is 90.0 Å². The number of para-hydroxylation sites is 5. The third-order valence-corrected chi connectivity index (χ3v) is 11.9. The zero-order valence-corrected chi connectivity index (χ0v) is 29.1. The van der Waals surface area contributed by atoms with Crippen LogP contribution in [0.25, 0.3) is 82.5 Å². The maximum Gasteiger partial charge on any atom is 0.159 e. The summed E-state index contributed by atoms with van der Waals surface area (Å²) in [5.41, 5.74) is 12.8. The Morgan fingerprint density at radius 2 is 1.02 bits per heavy atom. The minimum atomic E-state index is 0.899. The summed E-state index contributed by atoms with van der Waals surface area (Å²) in [5.74, 6) is 0. The highest BCUT2D eigenvalue weighted by Gasteiger charge is 2.26. The number of hydrogen-bond donors (Lipinski definition) is 0. The Hall–Kier alpha value is -6.69. The molecule has 0 spiro atoms. The van der Waals surface area contributed by atoms with E-state index in [1.54, 1.807) is 0 Å². The molecule has 3 aromatic heterocycles. The van der Waals surface area contributed by atoms with Gasteiger partial charge in [-0.3, -0.25) is 0 Å². The summed E-state index contributed by atoms with van der Waals surface area (Å²) in [5, 5.41) is 6.94. The lowest BCUT2D eigenvalue weighted by atomic mass is 10.0. The molecular weight excluding hydrogens is 669 g/mol. The van der Waals surface area contributed by atoms with Crippen LogP contribution < -0.4 is 4.90 Å². The third-order valence-electron chi connectivity index (χ3n) is 10.8. The molecule has 0 amide bonds. The fourth-order valence-electron chi connectivity index (χ4n) is 8.39. The van der Waals surface area contributed by atoms with Crippen molar-refractivity contribution < 1.29 is 8.83 Å². The Bertz CT molecular complexity index is 3290. The van der Waals surface area contributed by atoms with E-state index < -0.39 is 0 Å². The van der Waals surface area contributed by atoms with Crippen molar-refractivity contribution in [3.8, 4) is 16.8 Å². The summed E-state index contributed by atoms with van der Waals surface area (Å²) in [6.07, 6.45) is 0. The number of fused-ring (bicyclic) bond motifs is 11. The quantitative estimate of drug-likeness (QED) is 0.184. The Balaban J connectivity index is 1.01. The van der Waals surface area contributed by atoms with Crippen LogP contribution in [0.4, 0.5) is 17.1 Å². The van der Waals surface area contributed by atoms with Gasteiger partial charge in [0, 0.05) is 47.8 Å². The predicted octanol–water partition coefficient (Wildman–Crippen LogP) is 14.2. The van der Waals surface area contributed by atoms with E-state index in [4.69, 9.17) is 8.83 Å². The van der Waals surface area contributed by atoms with E-state index in [0.29, 0.717) is 0 Å². The largest absolute Gasteiger partial charge is 0.456 e. The summed E-state index contributed by atoms with van der Waals surface area (Å²) in [6, 6.07) is 60.7. The maximum atomic E-state index is 6.52. The molecular formula is C48H28N2O2S. The highest BCUT2D eigenvalue weighted by Crippen LogP contribution is 2.53. The molecule has 0 atom stereocenters. The van der Waals surface area contributed by atoms with Crippen LogP contribution in [0.15, 0.2) is 188 Å². The lowest BCUT2D eigenvalue weighted by Gasteiger charge is -2.33. The van der Waals surface area contributed by atoms with Crippen LogP contribution in [0.2, 0.25) is 0 Å². The number of benzene rings is 8. The molecule has 1 aliphatic heterocycles. The Kier molecular flexibility index (Phi) is 5.96. The molecule has 5 heteroatoms. The van der Waals surface area contributed by atoms with Crippen molar-refractivity contribution in [2.75, 3.05) is 4.90 Å². The van der Waals surface area contributed by atoms with Crippen LogP contribution in [0, 0.1) is 0 Å². The van der Waals surface area contributed by atoms with Gasteiger partial charge in [-0.25, -0.2) is 0 Å². The lowest BCUT2D eigenvalue weighted by molar-refractivity contribution is 0.666. The first-order chi connectivity index (χ1) is 26.3. The number of furan rings is 2. The smallest absolute Gasteiger partial charge is 0.159 e. The molecule has 0 aliphatic carbocycles. The maximum absolute atomic E-state index is 6.52. The molecule has 0 saturated heterocycles. The summed E-state index contributed by atoms with van der Waals surface area (Å²) in [6.45, 7) is 0. The molecule has 0 fully saturated rings. The van der Waals surface area contributed by atoms with Gasteiger partial charge in [0.2, 0.25) is 0 Å². The molecule has 0 N–H and O–H groups in total. The average Bonchev–Trinajstić information content (AvgIpc) is 3.89. The van der Waals surface area contributed by atoms with Crippen LogP contribution >= 0.6 is 11.8 Å². The number of nitrogens with zero attached hydrogens (tertiary/aromatic N) is 2. The minimum absolute atomic E-state index is 0.899. The fraction of sp³-hybridized carbons (Fsp3) is 0. The van der Waals surface area contributed by atoms with Gasteiger partial charge in [-0.15, -0.1) is 0 Å². The SMILES string of the molecule is c1ccc2c(c1)Sc1cc(-c3ccc4c(c3)c3ccccc3n4-c3cccc4c3oc3ccccc34)ccc1N2c1ccc2oc3ccccc3c2c1. The van der Waals surface area contributed by atoms with Gasteiger partial charge < -0.3 is 18.3 Å². The topological polar surface area (TPSA) is 34.5 Å². The first-order valence-corrected chi connectivity index (χ1v) is 18.7. The van der Waals surface area contributed by atoms with Gasteiger partial charge in [-0.1, -0.05) is 103 Å².